The van der Waals surface area contributed by atoms with E-state index >= 15 is 0 Å². The Labute approximate surface area is 125 Å². The Bertz CT molecular complexity index is 441. The van der Waals surface area contributed by atoms with Crippen LogP contribution >= 0.6 is 11.6 Å². The van der Waals surface area contributed by atoms with Crippen molar-refractivity contribution < 1.29 is 4.79 Å². The maximum Gasteiger partial charge on any atom is 0.251 e. The monoisotopic (exact) mass is 295 g/mol. The van der Waals surface area contributed by atoms with E-state index in [2.05, 4.69) is 29.1 Å². The van der Waals surface area contributed by atoms with Crippen LogP contribution in [0.4, 0.5) is 0 Å². The van der Waals surface area contributed by atoms with Gasteiger partial charge >= 0.3 is 0 Å². The average molecular weight is 296 g/mol. The van der Waals surface area contributed by atoms with Crippen molar-refractivity contribution in [1.82, 2.24) is 15.1 Å². The summed E-state index contributed by atoms with van der Waals surface area (Å²) in [5.74, 6) is -0.0392. The molecule has 0 spiro atoms. The zero-order valence-corrected chi connectivity index (χ0v) is 12.9. The van der Waals surface area contributed by atoms with E-state index in [1.807, 2.05) is 0 Å². The number of halogens is 1. The summed E-state index contributed by atoms with van der Waals surface area (Å²) in [5.41, 5.74) is 0.653. The molecule has 1 N–H and O–H groups in total. The topological polar surface area (TPSA) is 35.6 Å². The van der Waals surface area contributed by atoms with Crippen LogP contribution in [0.25, 0.3) is 0 Å². The van der Waals surface area contributed by atoms with Gasteiger partial charge in [0.15, 0.2) is 0 Å². The number of nitrogens with zero attached hydrogens (tertiary/aromatic N) is 2. The first kappa shape index (κ1) is 15.3. The molecule has 0 radical (unpaired) electrons. The van der Waals surface area contributed by atoms with E-state index in [0.717, 1.165) is 26.2 Å². The van der Waals surface area contributed by atoms with Crippen LogP contribution in [0, 0.1) is 0 Å². The Balaban J connectivity index is 1.79. The van der Waals surface area contributed by atoms with E-state index in [0.29, 0.717) is 23.2 Å². The standard InChI is InChI=1S/C15H22ClN3O/c1-12(19-9-7-18(2)8-10-19)11-17-15(20)13-3-5-14(16)6-4-13/h3-6,12H,7-11H2,1-2H3,(H,17,20). The molecule has 0 aromatic heterocycles. The predicted octanol–water partition coefficient (Wildman–Crippen LogP) is 1.71. The number of rotatable bonds is 4. The largest absolute Gasteiger partial charge is 0.350 e. The minimum atomic E-state index is -0.0392. The van der Waals surface area contributed by atoms with Gasteiger partial charge < -0.3 is 10.2 Å². The average Bonchev–Trinajstić information content (AvgIpc) is 2.46. The molecule has 110 valence electrons. The SMILES string of the molecule is CC(CNC(=O)c1ccc(Cl)cc1)N1CCN(C)CC1. The summed E-state index contributed by atoms with van der Waals surface area (Å²) >= 11 is 5.81. The van der Waals surface area contributed by atoms with Gasteiger partial charge in [-0.1, -0.05) is 11.6 Å². The fraction of sp³-hybridized carbons (Fsp3) is 0.533. The molecule has 4 nitrogen and oxygen atoms in total. The third-order valence-corrected chi connectivity index (χ3v) is 4.08. The molecule has 1 unspecified atom stereocenters. The van der Waals surface area contributed by atoms with Crippen molar-refractivity contribution in [2.24, 2.45) is 0 Å². The lowest BCUT2D eigenvalue weighted by Gasteiger charge is -2.36. The molecule has 1 aliphatic heterocycles. The minimum absolute atomic E-state index is 0.0392. The summed E-state index contributed by atoms with van der Waals surface area (Å²) < 4.78 is 0. The Morgan fingerprint density at radius 2 is 1.85 bits per heavy atom. The van der Waals surface area contributed by atoms with Gasteiger partial charge in [-0.3, -0.25) is 9.69 Å². The first-order chi connectivity index (χ1) is 9.56. The highest BCUT2D eigenvalue weighted by molar-refractivity contribution is 6.30. The summed E-state index contributed by atoms with van der Waals surface area (Å²) in [6.45, 7) is 7.15. The lowest BCUT2D eigenvalue weighted by molar-refractivity contribution is 0.0903. The van der Waals surface area contributed by atoms with Gasteiger partial charge in [0.1, 0.15) is 0 Å². The number of amides is 1. The summed E-state index contributed by atoms with van der Waals surface area (Å²) in [6.07, 6.45) is 0. The first-order valence-corrected chi connectivity index (χ1v) is 7.40. The van der Waals surface area contributed by atoms with Gasteiger partial charge in [-0.05, 0) is 38.2 Å². The molecular weight excluding hydrogens is 274 g/mol. The van der Waals surface area contributed by atoms with E-state index in [9.17, 15) is 4.79 Å². The molecule has 1 heterocycles. The van der Waals surface area contributed by atoms with E-state index in [1.165, 1.54) is 0 Å². The molecule has 0 aliphatic carbocycles. The van der Waals surface area contributed by atoms with Gasteiger partial charge in [0.2, 0.25) is 0 Å². The molecule has 20 heavy (non-hydrogen) atoms. The number of likely N-dealkylation sites (N-methyl/N-ethyl adjacent to an activating group) is 1. The predicted molar refractivity (Wildman–Crippen MR) is 82.3 cm³/mol. The van der Waals surface area contributed by atoms with Crippen LogP contribution in [-0.4, -0.2) is 61.5 Å². The Kier molecular flexibility index (Phi) is 5.40. The molecule has 1 aromatic rings. The Morgan fingerprint density at radius 1 is 1.25 bits per heavy atom. The minimum Gasteiger partial charge on any atom is -0.350 e. The number of nitrogens with one attached hydrogen (secondary N) is 1. The number of carbonyl (C=O) groups excluding carboxylic acids is 1. The molecule has 2 rings (SSSR count). The van der Waals surface area contributed by atoms with Crippen LogP contribution in [0.1, 0.15) is 17.3 Å². The van der Waals surface area contributed by atoms with Crippen LogP contribution in [0.2, 0.25) is 5.02 Å². The van der Waals surface area contributed by atoms with Crippen LogP contribution in [0.5, 0.6) is 0 Å². The van der Waals surface area contributed by atoms with Gasteiger partial charge in [-0.25, -0.2) is 0 Å². The quantitative estimate of drug-likeness (QED) is 0.918. The normalized spacial score (nSPS) is 18.8. The number of hydrogen-bond donors (Lipinski definition) is 1. The summed E-state index contributed by atoms with van der Waals surface area (Å²) in [6, 6.07) is 7.33. The van der Waals surface area contributed by atoms with Gasteiger partial charge in [0, 0.05) is 49.4 Å². The van der Waals surface area contributed by atoms with Gasteiger partial charge in [0.05, 0.1) is 0 Å². The highest BCUT2D eigenvalue weighted by Crippen LogP contribution is 2.09. The van der Waals surface area contributed by atoms with Crippen LogP contribution in [-0.2, 0) is 0 Å². The number of hydrogen-bond acceptors (Lipinski definition) is 3. The molecule has 1 aliphatic rings. The third kappa shape index (κ3) is 4.20. The third-order valence-electron chi connectivity index (χ3n) is 3.83. The highest BCUT2D eigenvalue weighted by atomic mass is 35.5. The second-order valence-corrected chi connectivity index (χ2v) is 5.84. The molecule has 1 atom stereocenters. The van der Waals surface area contributed by atoms with E-state index in [4.69, 9.17) is 11.6 Å². The number of benzene rings is 1. The summed E-state index contributed by atoms with van der Waals surface area (Å²) in [4.78, 5) is 16.8. The van der Waals surface area contributed by atoms with Crippen LogP contribution in [0.15, 0.2) is 24.3 Å². The molecular formula is C15H22ClN3O. The van der Waals surface area contributed by atoms with Gasteiger partial charge in [-0.2, -0.15) is 0 Å². The second-order valence-electron chi connectivity index (χ2n) is 5.41. The summed E-state index contributed by atoms with van der Waals surface area (Å²) in [5, 5.41) is 3.64. The smallest absolute Gasteiger partial charge is 0.251 e. The molecule has 0 bridgehead atoms. The molecule has 0 saturated carbocycles. The lowest BCUT2D eigenvalue weighted by Crippen LogP contribution is -2.51. The maximum absolute atomic E-state index is 12.0. The Hall–Kier alpha value is -1.10. The van der Waals surface area contributed by atoms with Crippen molar-refractivity contribution in [3.63, 3.8) is 0 Å². The maximum atomic E-state index is 12.0. The van der Waals surface area contributed by atoms with Crippen LogP contribution in [0.3, 0.4) is 0 Å². The fourth-order valence-corrected chi connectivity index (χ4v) is 2.46. The van der Waals surface area contributed by atoms with E-state index < -0.39 is 0 Å². The van der Waals surface area contributed by atoms with E-state index in [1.54, 1.807) is 24.3 Å². The molecule has 5 heteroatoms. The van der Waals surface area contributed by atoms with Gasteiger partial charge in [0.25, 0.3) is 5.91 Å². The molecule has 1 saturated heterocycles. The van der Waals surface area contributed by atoms with Crippen molar-refractivity contribution in [3.8, 4) is 0 Å². The second kappa shape index (κ2) is 7.07. The molecule has 1 amide bonds. The van der Waals surface area contributed by atoms with Crippen molar-refractivity contribution in [3.05, 3.63) is 34.9 Å². The van der Waals surface area contributed by atoms with Crippen LogP contribution < -0.4 is 5.32 Å². The van der Waals surface area contributed by atoms with Crippen molar-refractivity contribution >= 4 is 17.5 Å². The van der Waals surface area contributed by atoms with Gasteiger partial charge in [-0.15, -0.1) is 0 Å². The number of piperazine rings is 1. The first-order valence-electron chi connectivity index (χ1n) is 7.02. The van der Waals surface area contributed by atoms with Crippen molar-refractivity contribution in [1.29, 1.82) is 0 Å². The fourth-order valence-electron chi connectivity index (χ4n) is 2.34. The Morgan fingerprint density at radius 3 is 2.45 bits per heavy atom. The zero-order valence-electron chi connectivity index (χ0n) is 12.1. The number of carbonyl (C=O) groups is 1. The molecule has 1 aromatic carbocycles. The van der Waals surface area contributed by atoms with Crippen molar-refractivity contribution in [2.75, 3.05) is 39.8 Å². The zero-order chi connectivity index (χ0) is 14.5. The lowest BCUT2D eigenvalue weighted by atomic mass is 10.2. The van der Waals surface area contributed by atoms with E-state index in [-0.39, 0.29) is 5.91 Å². The van der Waals surface area contributed by atoms with Crippen molar-refractivity contribution in [2.45, 2.75) is 13.0 Å². The highest BCUT2D eigenvalue weighted by Gasteiger charge is 2.19. The summed E-state index contributed by atoms with van der Waals surface area (Å²) in [7, 11) is 2.14. The molecule has 1 fully saturated rings.